The zero-order chi connectivity index (χ0) is 19.9. The van der Waals surface area contributed by atoms with E-state index in [2.05, 4.69) is 6.92 Å². The molecule has 0 spiro atoms. The third-order valence-electron chi connectivity index (χ3n) is 4.82. The average molecular weight is 373 g/mol. The first-order chi connectivity index (χ1) is 12.5. The molecule has 3 nitrogen and oxygen atoms in total. The maximum atomic E-state index is 10.6. The highest BCUT2D eigenvalue weighted by molar-refractivity contribution is 4.50. The Morgan fingerprint density at radius 1 is 0.538 bits per heavy atom. The predicted molar refractivity (Wildman–Crippen MR) is 119 cm³/mol. The largest absolute Gasteiger partial charge is 0.633 e. The van der Waals surface area contributed by atoms with E-state index in [9.17, 15) is 5.21 Å². The predicted octanol–water partition coefficient (Wildman–Crippen LogP) is 7.18. The third-order valence-corrected chi connectivity index (χ3v) is 4.82. The molecule has 0 aliphatic rings. The van der Waals surface area contributed by atoms with Crippen molar-refractivity contribution in [1.29, 1.82) is 0 Å². The van der Waals surface area contributed by atoms with Crippen LogP contribution in [0.4, 0.5) is 0 Å². The standard InChI is InChI=1S/C18H39N.C5H13NO/c1-2-3-4-5-6-7-8-9-10-11-12-13-14-15-16-17-18-19;1-4-5-6(2,3)7/h2-19H2,1H3;4-5H2,1-3H3. The van der Waals surface area contributed by atoms with E-state index in [1.54, 1.807) is 14.1 Å². The molecule has 3 heteroatoms. The normalized spacial score (nSPS) is 11.3. The molecule has 0 heterocycles. The van der Waals surface area contributed by atoms with Crippen LogP contribution in [-0.4, -0.2) is 31.8 Å². The summed E-state index contributed by atoms with van der Waals surface area (Å²) in [5.41, 5.74) is 5.48. The number of quaternary nitrogens is 1. The van der Waals surface area contributed by atoms with Gasteiger partial charge in [-0.25, -0.2) is 0 Å². The van der Waals surface area contributed by atoms with Gasteiger partial charge in [-0.15, -0.1) is 0 Å². The van der Waals surface area contributed by atoms with Crippen LogP contribution < -0.4 is 5.73 Å². The number of hydroxylamine groups is 3. The Balaban J connectivity index is 0. The summed E-state index contributed by atoms with van der Waals surface area (Å²) in [4.78, 5) is 0. The Morgan fingerprint density at radius 2 is 0.846 bits per heavy atom. The molecular weight excluding hydrogens is 320 g/mol. The van der Waals surface area contributed by atoms with Crippen LogP contribution in [0.15, 0.2) is 0 Å². The lowest BCUT2D eigenvalue weighted by Crippen LogP contribution is -2.32. The van der Waals surface area contributed by atoms with Crippen LogP contribution in [0.5, 0.6) is 0 Å². The summed E-state index contributed by atoms with van der Waals surface area (Å²) in [6, 6.07) is 0. The molecule has 0 aliphatic heterocycles. The van der Waals surface area contributed by atoms with Gasteiger partial charge in [-0.05, 0) is 19.4 Å². The molecule has 0 aliphatic carbocycles. The first kappa shape index (κ1) is 28.1. The van der Waals surface area contributed by atoms with Crippen molar-refractivity contribution < 1.29 is 4.65 Å². The molecular formula is C23H52N2O. The zero-order valence-electron chi connectivity index (χ0n) is 18.9. The minimum atomic E-state index is -0.156. The molecule has 0 bridgehead atoms. The summed E-state index contributed by atoms with van der Waals surface area (Å²) in [5.74, 6) is 0. The third kappa shape index (κ3) is 31.6. The van der Waals surface area contributed by atoms with Gasteiger partial charge in [-0.1, -0.05) is 110 Å². The van der Waals surface area contributed by atoms with E-state index in [0.29, 0.717) is 0 Å². The van der Waals surface area contributed by atoms with Crippen LogP contribution >= 0.6 is 0 Å². The summed E-state index contributed by atoms with van der Waals surface area (Å²) in [6.45, 7) is 5.90. The van der Waals surface area contributed by atoms with Gasteiger partial charge in [0.05, 0.1) is 20.6 Å². The molecule has 0 aromatic heterocycles. The van der Waals surface area contributed by atoms with Gasteiger partial charge < -0.3 is 15.6 Å². The minimum Gasteiger partial charge on any atom is -0.633 e. The molecule has 0 saturated heterocycles. The Hall–Kier alpha value is -0.120. The lowest BCUT2D eigenvalue weighted by atomic mass is 10.0. The van der Waals surface area contributed by atoms with Gasteiger partial charge in [0.2, 0.25) is 0 Å². The topological polar surface area (TPSA) is 49.1 Å². The molecule has 2 N–H and O–H groups in total. The number of nitrogens with two attached hydrogens (primary N) is 1. The van der Waals surface area contributed by atoms with Crippen molar-refractivity contribution in [3.8, 4) is 0 Å². The summed E-state index contributed by atoms with van der Waals surface area (Å²) in [7, 11) is 3.31. The van der Waals surface area contributed by atoms with Gasteiger partial charge in [0.25, 0.3) is 0 Å². The fourth-order valence-corrected chi connectivity index (χ4v) is 3.23. The Kier molecular flexibility index (Phi) is 24.8. The van der Waals surface area contributed by atoms with Crippen molar-refractivity contribution in [2.75, 3.05) is 27.2 Å². The second-order valence-electron chi connectivity index (χ2n) is 8.39. The highest BCUT2D eigenvalue weighted by atomic mass is 16.5. The van der Waals surface area contributed by atoms with Crippen LogP contribution in [-0.2, 0) is 0 Å². The van der Waals surface area contributed by atoms with Crippen LogP contribution in [0.25, 0.3) is 0 Å². The highest BCUT2D eigenvalue weighted by Gasteiger charge is 1.95. The van der Waals surface area contributed by atoms with Gasteiger partial charge in [-0.2, -0.15) is 0 Å². The summed E-state index contributed by atoms with van der Waals surface area (Å²) >= 11 is 0. The van der Waals surface area contributed by atoms with E-state index >= 15 is 0 Å². The second kappa shape index (κ2) is 22.9. The maximum absolute atomic E-state index is 10.6. The van der Waals surface area contributed by atoms with Crippen molar-refractivity contribution in [3.05, 3.63) is 5.21 Å². The number of rotatable bonds is 18. The molecule has 0 radical (unpaired) electrons. The van der Waals surface area contributed by atoms with Crippen molar-refractivity contribution in [1.82, 2.24) is 0 Å². The first-order valence-electron chi connectivity index (χ1n) is 11.7. The SMILES string of the molecule is CCCCCCCCCCCCCCCCCCN.CCC[N+](C)(C)[O-]. The van der Waals surface area contributed by atoms with E-state index in [4.69, 9.17) is 5.73 Å². The lowest BCUT2D eigenvalue weighted by Gasteiger charge is -2.33. The van der Waals surface area contributed by atoms with E-state index in [1.165, 1.54) is 103 Å². The molecule has 0 atom stereocenters. The maximum Gasteiger partial charge on any atom is 0.0777 e. The van der Waals surface area contributed by atoms with E-state index in [-0.39, 0.29) is 4.65 Å². The molecule has 0 aromatic carbocycles. The highest BCUT2D eigenvalue weighted by Crippen LogP contribution is 2.13. The van der Waals surface area contributed by atoms with E-state index in [0.717, 1.165) is 19.5 Å². The number of unbranched alkanes of at least 4 members (excludes halogenated alkanes) is 15. The van der Waals surface area contributed by atoms with Crippen LogP contribution in [0.2, 0.25) is 0 Å². The average Bonchev–Trinajstić information content (AvgIpc) is 2.58. The molecule has 0 unspecified atom stereocenters. The fraction of sp³-hybridized carbons (Fsp3) is 1.00. The zero-order valence-corrected chi connectivity index (χ0v) is 18.9. The minimum absolute atomic E-state index is 0.156. The first-order valence-corrected chi connectivity index (χ1v) is 11.7. The van der Waals surface area contributed by atoms with Crippen LogP contribution in [0.1, 0.15) is 123 Å². The molecule has 0 aromatic rings. The molecule has 26 heavy (non-hydrogen) atoms. The fourth-order valence-electron chi connectivity index (χ4n) is 3.23. The van der Waals surface area contributed by atoms with E-state index in [1.807, 2.05) is 6.92 Å². The Bertz CT molecular complexity index is 223. The second-order valence-corrected chi connectivity index (χ2v) is 8.39. The summed E-state index contributed by atoms with van der Waals surface area (Å²) < 4.78 is -0.156. The smallest absolute Gasteiger partial charge is 0.0777 e. The molecule has 0 rings (SSSR count). The quantitative estimate of drug-likeness (QED) is 0.157. The van der Waals surface area contributed by atoms with Crippen LogP contribution in [0.3, 0.4) is 0 Å². The van der Waals surface area contributed by atoms with Gasteiger partial charge >= 0.3 is 0 Å². The van der Waals surface area contributed by atoms with Gasteiger partial charge in [0.15, 0.2) is 0 Å². The molecule has 0 saturated carbocycles. The van der Waals surface area contributed by atoms with Crippen molar-refractivity contribution >= 4 is 0 Å². The van der Waals surface area contributed by atoms with Gasteiger partial charge in [0.1, 0.15) is 0 Å². The summed E-state index contributed by atoms with van der Waals surface area (Å²) in [6.07, 6.45) is 23.8. The monoisotopic (exact) mass is 372 g/mol. The molecule has 0 fully saturated rings. The van der Waals surface area contributed by atoms with Gasteiger partial charge in [0, 0.05) is 0 Å². The van der Waals surface area contributed by atoms with Crippen molar-refractivity contribution in [2.45, 2.75) is 123 Å². The summed E-state index contributed by atoms with van der Waals surface area (Å²) in [5, 5.41) is 10.6. The lowest BCUT2D eigenvalue weighted by molar-refractivity contribution is -0.839. The number of nitrogens with zero attached hydrogens (tertiary/aromatic N) is 1. The Morgan fingerprint density at radius 3 is 1.04 bits per heavy atom. The number of hydrogen-bond donors (Lipinski definition) is 1. The number of hydrogen-bond acceptors (Lipinski definition) is 2. The van der Waals surface area contributed by atoms with Gasteiger partial charge in [-0.3, -0.25) is 0 Å². The van der Waals surface area contributed by atoms with Crippen LogP contribution in [0, 0.1) is 5.21 Å². The van der Waals surface area contributed by atoms with E-state index < -0.39 is 0 Å². The van der Waals surface area contributed by atoms with Crippen molar-refractivity contribution in [2.24, 2.45) is 5.73 Å². The van der Waals surface area contributed by atoms with Crippen molar-refractivity contribution in [3.63, 3.8) is 0 Å². The molecule has 0 amide bonds. The Labute approximate surface area is 166 Å². The molecule has 160 valence electrons.